The van der Waals surface area contributed by atoms with Gasteiger partial charge in [-0.15, -0.1) is 0 Å². The van der Waals surface area contributed by atoms with E-state index in [1.807, 2.05) is 0 Å². The predicted molar refractivity (Wildman–Crippen MR) is 90.7 cm³/mol. The van der Waals surface area contributed by atoms with Crippen LogP contribution in [0.3, 0.4) is 0 Å². The summed E-state index contributed by atoms with van der Waals surface area (Å²) in [5.74, 6) is -1.51. The Bertz CT molecular complexity index is 665. The third-order valence-corrected chi connectivity index (χ3v) is 3.59. The summed E-state index contributed by atoms with van der Waals surface area (Å²) in [7, 11) is 0. The van der Waals surface area contributed by atoms with Gasteiger partial charge in [0, 0.05) is 0 Å². The molecular weight excluding hydrogens is 324 g/mol. The molecule has 0 spiro atoms. The maximum atomic E-state index is 11.9. The van der Waals surface area contributed by atoms with Gasteiger partial charge >= 0.3 is 11.9 Å². The molecule has 0 saturated heterocycles. The Labute approximate surface area is 144 Å². The van der Waals surface area contributed by atoms with Crippen molar-refractivity contribution in [3.05, 3.63) is 59.7 Å². The number of benzene rings is 2. The van der Waals surface area contributed by atoms with E-state index >= 15 is 0 Å². The monoisotopic (exact) mass is 344 g/mol. The van der Waals surface area contributed by atoms with Crippen LogP contribution in [0.2, 0.25) is 0 Å². The molecule has 2 rings (SSSR count). The van der Waals surface area contributed by atoms with Gasteiger partial charge in [-0.2, -0.15) is 0 Å². The zero-order chi connectivity index (χ0) is 18.4. The molecular formula is C18H20N2O5. The lowest BCUT2D eigenvalue weighted by molar-refractivity contribution is -0.161. The van der Waals surface area contributed by atoms with E-state index in [0.29, 0.717) is 0 Å². The van der Waals surface area contributed by atoms with Gasteiger partial charge in [-0.05, 0) is 48.2 Å². The van der Waals surface area contributed by atoms with Gasteiger partial charge in [-0.3, -0.25) is 0 Å². The van der Waals surface area contributed by atoms with Crippen molar-refractivity contribution < 1.29 is 24.5 Å². The van der Waals surface area contributed by atoms with Crippen molar-refractivity contribution in [3.63, 3.8) is 0 Å². The van der Waals surface area contributed by atoms with Crippen molar-refractivity contribution >= 4 is 11.9 Å². The Morgan fingerprint density at radius 1 is 0.760 bits per heavy atom. The van der Waals surface area contributed by atoms with E-state index in [1.165, 1.54) is 24.3 Å². The minimum absolute atomic E-state index is 0.107. The first-order chi connectivity index (χ1) is 11.8. The van der Waals surface area contributed by atoms with Crippen LogP contribution < -0.4 is 11.5 Å². The van der Waals surface area contributed by atoms with E-state index in [9.17, 15) is 19.8 Å². The summed E-state index contributed by atoms with van der Waals surface area (Å²) in [6, 6.07) is 10.4. The number of phenolic OH excluding ortho intramolecular Hbond substituents is 2. The summed E-state index contributed by atoms with van der Waals surface area (Å²) >= 11 is 0. The van der Waals surface area contributed by atoms with Crippen LogP contribution in [0.1, 0.15) is 11.1 Å². The largest absolute Gasteiger partial charge is 0.508 e. The Hall–Kier alpha value is -2.90. The minimum atomic E-state index is -1.02. The number of aromatic hydroxyl groups is 2. The van der Waals surface area contributed by atoms with Crippen LogP contribution in [0, 0.1) is 0 Å². The number of carbonyl (C=O) groups excluding carboxylic acids is 2. The SMILES string of the molecule is N[C@H](Cc1ccc(O)cc1)C(=O)OC(=O)[C@H](N)Cc1ccc(O)cc1. The average molecular weight is 344 g/mol. The molecule has 7 heteroatoms. The van der Waals surface area contributed by atoms with Gasteiger partial charge < -0.3 is 26.4 Å². The summed E-state index contributed by atoms with van der Waals surface area (Å²) in [6.45, 7) is 0. The molecule has 25 heavy (non-hydrogen) atoms. The highest BCUT2D eigenvalue weighted by Crippen LogP contribution is 2.13. The van der Waals surface area contributed by atoms with Crippen molar-refractivity contribution in [3.8, 4) is 11.5 Å². The fraction of sp³-hybridized carbons (Fsp3) is 0.222. The molecule has 2 aromatic carbocycles. The lowest BCUT2D eigenvalue weighted by Gasteiger charge is -2.14. The third kappa shape index (κ3) is 5.59. The maximum Gasteiger partial charge on any atom is 0.330 e. The second-order valence-electron chi connectivity index (χ2n) is 5.69. The molecule has 2 atom stereocenters. The van der Waals surface area contributed by atoms with Crippen LogP contribution in [0.5, 0.6) is 11.5 Å². The molecule has 0 bridgehead atoms. The molecule has 0 aromatic heterocycles. The molecule has 0 aliphatic carbocycles. The van der Waals surface area contributed by atoms with Gasteiger partial charge in [0.05, 0.1) is 0 Å². The summed E-state index contributed by atoms with van der Waals surface area (Å²) in [5.41, 5.74) is 12.9. The number of ether oxygens (including phenoxy) is 1. The van der Waals surface area contributed by atoms with Gasteiger partial charge in [0.25, 0.3) is 0 Å². The van der Waals surface area contributed by atoms with E-state index < -0.39 is 24.0 Å². The summed E-state index contributed by atoms with van der Waals surface area (Å²) in [6.07, 6.45) is 0.333. The number of carbonyl (C=O) groups is 2. The first-order valence-electron chi connectivity index (χ1n) is 7.67. The van der Waals surface area contributed by atoms with E-state index in [0.717, 1.165) is 11.1 Å². The molecule has 0 saturated carbocycles. The molecule has 0 fully saturated rings. The second kappa shape index (κ2) is 8.27. The van der Waals surface area contributed by atoms with Crippen molar-refractivity contribution in [2.45, 2.75) is 24.9 Å². The van der Waals surface area contributed by atoms with Crippen molar-refractivity contribution in [2.75, 3.05) is 0 Å². The van der Waals surface area contributed by atoms with E-state index in [-0.39, 0.29) is 24.3 Å². The molecule has 0 unspecified atom stereocenters. The van der Waals surface area contributed by atoms with Crippen molar-refractivity contribution in [2.24, 2.45) is 11.5 Å². The zero-order valence-corrected chi connectivity index (χ0v) is 13.5. The number of hydrogen-bond acceptors (Lipinski definition) is 7. The fourth-order valence-corrected chi connectivity index (χ4v) is 2.19. The molecule has 0 aliphatic rings. The number of hydrogen-bond donors (Lipinski definition) is 4. The van der Waals surface area contributed by atoms with Crippen molar-refractivity contribution in [1.29, 1.82) is 0 Å². The van der Waals surface area contributed by atoms with E-state index in [2.05, 4.69) is 0 Å². The third-order valence-electron chi connectivity index (χ3n) is 3.59. The zero-order valence-electron chi connectivity index (χ0n) is 13.5. The van der Waals surface area contributed by atoms with Crippen LogP contribution >= 0.6 is 0 Å². The quantitative estimate of drug-likeness (QED) is 0.445. The van der Waals surface area contributed by atoms with Gasteiger partial charge in [0.15, 0.2) is 0 Å². The second-order valence-corrected chi connectivity index (χ2v) is 5.69. The summed E-state index contributed by atoms with van der Waals surface area (Å²) < 4.78 is 4.74. The highest BCUT2D eigenvalue weighted by Gasteiger charge is 2.23. The van der Waals surface area contributed by atoms with Gasteiger partial charge in [-0.1, -0.05) is 24.3 Å². The number of esters is 2. The molecule has 7 nitrogen and oxygen atoms in total. The maximum absolute atomic E-state index is 11.9. The molecule has 2 aromatic rings. The van der Waals surface area contributed by atoms with Crippen LogP contribution in [0.4, 0.5) is 0 Å². The summed E-state index contributed by atoms with van der Waals surface area (Å²) in [5, 5.41) is 18.4. The Kier molecular flexibility index (Phi) is 6.10. The highest BCUT2D eigenvalue weighted by atomic mass is 16.6. The van der Waals surface area contributed by atoms with Gasteiger partial charge in [0.2, 0.25) is 0 Å². The number of phenols is 2. The highest BCUT2D eigenvalue weighted by molar-refractivity contribution is 5.90. The van der Waals surface area contributed by atoms with Crippen LogP contribution in [-0.2, 0) is 27.2 Å². The Morgan fingerprint density at radius 2 is 1.08 bits per heavy atom. The standard InChI is InChI=1S/C18H20N2O5/c19-15(9-11-1-5-13(21)6-2-11)17(23)25-18(24)16(20)10-12-3-7-14(22)8-4-12/h1-8,15-16,21-22H,9-10,19-20H2/t15-,16-/m1/s1. The molecule has 0 amide bonds. The molecule has 0 heterocycles. The summed E-state index contributed by atoms with van der Waals surface area (Å²) in [4.78, 5) is 23.8. The predicted octanol–water partition coefficient (Wildman–Crippen LogP) is 0.607. The topological polar surface area (TPSA) is 136 Å². The van der Waals surface area contributed by atoms with Crippen LogP contribution in [-0.4, -0.2) is 34.2 Å². The van der Waals surface area contributed by atoms with Crippen LogP contribution in [0.15, 0.2) is 48.5 Å². The van der Waals surface area contributed by atoms with E-state index in [1.54, 1.807) is 24.3 Å². The first-order valence-corrected chi connectivity index (χ1v) is 7.67. The smallest absolute Gasteiger partial charge is 0.330 e. The lowest BCUT2D eigenvalue weighted by atomic mass is 10.1. The molecule has 6 N–H and O–H groups in total. The normalized spacial score (nSPS) is 13.0. The molecule has 132 valence electrons. The average Bonchev–Trinajstić information content (AvgIpc) is 2.58. The lowest BCUT2D eigenvalue weighted by Crippen LogP contribution is -2.41. The number of nitrogens with two attached hydrogens (primary N) is 2. The van der Waals surface area contributed by atoms with Gasteiger partial charge in [-0.25, -0.2) is 9.59 Å². The Balaban J connectivity index is 1.86. The van der Waals surface area contributed by atoms with Gasteiger partial charge in [0.1, 0.15) is 23.6 Å². The minimum Gasteiger partial charge on any atom is -0.508 e. The molecule has 0 radical (unpaired) electrons. The van der Waals surface area contributed by atoms with Crippen LogP contribution in [0.25, 0.3) is 0 Å². The first kappa shape index (κ1) is 18.4. The molecule has 0 aliphatic heterocycles. The Morgan fingerprint density at radius 3 is 1.40 bits per heavy atom. The van der Waals surface area contributed by atoms with Crippen molar-refractivity contribution in [1.82, 2.24) is 0 Å². The fourth-order valence-electron chi connectivity index (χ4n) is 2.19. The number of rotatable bonds is 6. The van der Waals surface area contributed by atoms with E-state index in [4.69, 9.17) is 16.2 Å².